The molecule has 1 aliphatic rings. The van der Waals surface area contributed by atoms with E-state index in [2.05, 4.69) is 74.6 Å². The van der Waals surface area contributed by atoms with Gasteiger partial charge in [0.25, 0.3) is 0 Å². The van der Waals surface area contributed by atoms with Crippen LogP contribution in [0.2, 0.25) is 0 Å². The molecule has 1 saturated carbocycles. The molecule has 1 aliphatic carbocycles. The lowest BCUT2D eigenvalue weighted by atomic mass is 9.85. The summed E-state index contributed by atoms with van der Waals surface area (Å²) >= 11 is 0. The first-order valence-corrected chi connectivity index (χ1v) is 25.6. The van der Waals surface area contributed by atoms with Crippen LogP contribution >= 0.6 is 7.82 Å². The third-order valence-electron chi connectivity index (χ3n) is 10.8. The van der Waals surface area contributed by atoms with Crippen LogP contribution in [0.4, 0.5) is 0 Å². The number of rotatable bonds is 39. The third kappa shape index (κ3) is 31.2. The second kappa shape index (κ2) is 38.8. The van der Waals surface area contributed by atoms with Gasteiger partial charge < -0.3 is 39.9 Å². The highest BCUT2D eigenvalue weighted by atomic mass is 31.2. The smallest absolute Gasteiger partial charge is 0.462 e. The fourth-order valence-corrected chi connectivity index (χ4v) is 7.95. The van der Waals surface area contributed by atoms with Gasteiger partial charge in [0.2, 0.25) is 0 Å². The predicted octanol–water partition coefficient (Wildman–Crippen LogP) is 9.73. The molecule has 1 rings (SSSR count). The summed E-state index contributed by atoms with van der Waals surface area (Å²) in [5, 5.41) is 50.2. The Morgan fingerprint density at radius 3 is 1.40 bits per heavy atom. The zero-order valence-corrected chi connectivity index (χ0v) is 39.5. The van der Waals surface area contributed by atoms with Gasteiger partial charge in [-0.25, -0.2) is 4.57 Å². The lowest BCUT2D eigenvalue weighted by molar-refractivity contribution is -0.220. The van der Waals surface area contributed by atoms with E-state index in [1.807, 2.05) is 0 Å². The minimum absolute atomic E-state index is 0.0657. The zero-order valence-electron chi connectivity index (χ0n) is 38.6. The summed E-state index contributed by atoms with van der Waals surface area (Å²) in [7, 11) is -5.13. The molecule has 0 aromatic carbocycles. The van der Waals surface area contributed by atoms with E-state index < -0.39 is 75.7 Å². The van der Waals surface area contributed by atoms with Crippen molar-refractivity contribution in [3.63, 3.8) is 0 Å². The highest BCUT2D eigenvalue weighted by molar-refractivity contribution is 7.47. The molecule has 0 aromatic rings. The first kappa shape index (κ1) is 58.6. The summed E-state index contributed by atoms with van der Waals surface area (Å²) < 4.78 is 33.5. The van der Waals surface area contributed by atoms with Gasteiger partial charge in [-0.05, 0) is 77.0 Å². The Morgan fingerprint density at radius 1 is 0.508 bits per heavy atom. The maximum Gasteiger partial charge on any atom is 0.472 e. The van der Waals surface area contributed by atoms with Gasteiger partial charge in [0.1, 0.15) is 43.2 Å². The summed E-state index contributed by atoms with van der Waals surface area (Å²) in [5.41, 5.74) is 0. The van der Waals surface area contributed by atoms with Crippen LogP contribution in [-0.2, 0) is 32.7 Å². The van der Waals surface area contributed by atoms with Crippen LogP contribution in [-0.4, -0.2) is 98.3 Å². The number of carbonyl (C=O) groups excluding carboxylic acids is 2. The van der Waals surface area contributed by atoms with E-state index in [0.717, 1.165) is 83.5 Å². The van der Waals surface area contributed by atoms with Gasteiger partial charge in [0.15, 0.2) is 6.10 Å². The van der Waals surface area contributed by atoms with E-state index in [0.29, 0.717) is 12.8 Å². The van der Waals surface area contributed by atoms with Crippen molar-refractivity contribution >= 4 is 19.8 Å². The predicted molar refractivity (Wildman–Crippen MR) is 249 cm³/mol. The van der Waals surface area contributed by atoms with Crippen LogP contribution in [0, 0.1) is 0 Å². The van der Waals surface area contributed by atoms with Crippen LogP contribution in [0.25, 0.3) is 0 Å². The van der Waals surface area contributed by atoms with Crippen LogP contribution in [0.15, 0.2) is 60.8 Å². The normalized spacial score (nSPS) is 22.2. The molecule has 6 unspecified atom stereocenters. The molecule has 0 radical (unpaired) electrons. The molecule has 6 N–H and O–H groups in total. The molecule has 0 bridgehead atoms. The third-order valence-corrected chi connectivity index (χ3v) is 11.8. The molecule has 0 spiro atoms. The number of phosphoric acid groups is 1. The molecule has 0 heterocycles. The average Bonchev–Trinajstić information content (AvgIpc) is 3.26. The van der Waals surface area contributed by atoms with E-state index >= 15 is 0 Å². The standard InChI is InChI=1S/C49H85O13P/c1-3-5-7-9-11-13-15-17-19-21-23-25-27-29-31-33-35-37-42(50)59-39-41(40-60-63(57,58)62-49-47(55)45(53)44(52)46(54)48(49)56)61-43(51)38-36-34-32-30-28-26-24-22-20-18-16-14-12-10-8-6-4-2/h6,8,12,14,17-20,24,26,41,44-49,52-56H,3-5,7,9-11,13,15-16,21-23,25,27-40H2,1-2H3,(H,57,58)/b8-6-,14-12-,19-17-,20-18-,26-24-. The molecule has 0 aromatic heterocycles. The van der Waals surface area contributed by atoms with E-state index in [1.54, 1.807) is 0 Å². The molecule has 364 valence electrons. The number of aliphatic hydroxyl groups is 5. The number of aliphatic hydroxyl groups excluding tert-OH is 5. The van der Waals surface area contributed by atoms with Gasteiger partial charge in [-0.1, -0.05) is 152 Å². The van der Waals surface area contributed by atoms with Crippen molar-refractivity contribution in [2.75, 3.05) is 13.2 Å². The molecular weight excluding hydrogens is 828 g/mol. The lowest BCUT2D eigenvalue weighted by Crippen LogP contribution is -2.64. The quantitative estimate of drug-likeness (QED) is 0.0147. The van der Waals surface area contributed by atoms with Crippen molar-refractivity contribution in [2.24, 2.45) is 0 Å². The molecule has 0 amide bonds. The van der Waals surface area contributed by atoms with E-state index in [-0.39, 0.29) is 12.8 Å². The fraction of sp³-hybridized carbons (Fsp3) is 0.755. The molecular formula is C49H85O13P. The van der Waals surface area contributed by atoms with Gasteiger partial charge in [0, 0.05) is 12.8 Å². The number of esters is 2. The number of carbonyl (C=O) groups is 2. The highest BCUT2D eigenvalue weighted by Crippen LogP contribution is 2.47. The second-order valence-electron chi connectivity index (χ2n) is 16.6. The summed E-state index contributed by atoms with van der Waals surface area (Å²) in [4.78, 5) is 35.8. The Bertz CT molecular complexity index is 1330. The van der Waals surface area contributed by atoms with Gasteiger partial charge in [-0.15, -0.1) is 0 Å². The Kier molecular flexibility index (Phi) is 36.1. The van der Waals surface area contributed by atoms with Crippen molar-refractivity contribution in [2.45, 2.75) is 224 Å². The maximum atomic E-state index is 12.8. The number of phosphoric ester groups is 1. The Hall–Kier alpha value is -2.45. The summed E-state index contributed by atoms with van der Waals surface area (Å²) in [6.07, 6.45) is 34.1. The van der Waals surface area contributed by atoms with Crippen molar-refractivity contribution in [1.82, 2.24) is 0 Å². The van der Waals surface area contributed by atoms with Crippen molar-refractivity contribution in [3.05, 3.63) is 60.8 Å². The highest BCUT2D eigenvalue weighted by Gasteiger charge is 2.51. The van der Waals surface area contributed by atoms with Gasteiger partial charge in [-0.3, -0.25) is 18.6 Å². The van der Waals surface area contributed by atoms with Gasteiger partial charge in [-0.2, -0.15) is 0 Å². The van der Waals surface area contributed by atoms with E-state index in [9.17, 15) is 44.6 Å². The van der Waals surface area contributed by atoms with Gasteiger partial charge >= 0.3 is 19.8 Å². The molecule has 6 atom stereocenters. The zero-order chi connectivity index (χ0) is 46.4. The molecule has 63 heavy (non-hydrogen) atoms. The Morgan fingerprint density at radius 2 is 0.905 bits per heavy atom. The van der Waals surface area contributed by atoms with E-state index in [4.69, 9.17) is 18.5 Å². The topological polar surface area (TPSA) is 210 Å². The lowest BCUT2D eigenvalue weighted by Gasteiger charge is -2.41. The summed E-state index contributed by atoms with van der Waals surface area (Å²) in [6, 6.07) is 0. The Labute approximate surface area is 379 Å². The first-order valence-electron chi connectivity index (χ1n) is 24.1. The summed E-state index contributed by atoms with van der Waals surface area (Å²) in [5.74, 6) is -1.13. The number of hydrogen-bond acceptors (Lipinski definition) is 12. The molecule has 14 heteroatoms. The summed E-state index contributed by atoms with van der Waals surface area (Å²) in [6.45, 7) is 3.16. The second-order valence-corrected chi connectivity index (χ2v) is 18.0. The largest absolute Gasteiger partial charge is 0.472 e. The number of allylic oxidation sites excluding steroid dienone is 10. The molecule has 0 aliphatic heterocycles. The minimum atomic E-state index is -5.13. The van der Waals surface area contributed by atoms with Crippen LogP contribution in [0.1, 0.15) is 181 Å². The number of ether oxygens (including phenoxy) is 2. The molecule has 0 saturated heterocycles. The van der Waals surface area contributed by atoms with Crippen molar-refractivity contribution in [3.8, 4) is 0 Å². The van der Waals surface area contributed by atoms with E-state index in [1.165, 1.54) is 57.8 Å². The van der Waals surface area contributed by atoms with Gasteiger partial charge in [0.05, 0.1) is 6.61 Å². The average molecular weight is 913 g/mol. The monoisotopic (exact) mass is 913 g/mol. The SMILES string of the molecule is CC/C=C\C/C=C\C/C=C\C/C=C\CCCCCCC(=O)OC(COC(=O)CCCCCCCCC/C=C\CCCCCCCC)COP(=O)(O)OC1C(O)C(O)C(O)C(O)C1O. The van der Waals surface area contributed by atoms with Crippen LogP contribution in [0.5, 0.6) is 0 Å². The fourth-order valence-electron chi connectivity index (χ4n) is 6.98. The van der Waals surface area contributed by atoms with Crippen LogP contribution in [0.3, 0.4) is 0 Å². The molecule has 1 fully saturated rings. The maximum absolute atomic E-state index is 12.8. The minimum Gasteiger partial charge on any atom is -0.462 e. The number of hydrogen-bond donors (Lipinski definition) is 6. The van der Waals surface area contributed by atoms with Crippen molar-refractivity contribution in [1.29, 1.82) is 0 Å². The molecule has 13 nitrogen and oxygen atoms in total. The first-order chi connectivity index (χ1) is 30.4. The van der Waals surface area contributed by atoms with Crippen LogP contribution < -0.4 is 0 Å². The van der Waals surface area contributed by atoms with Crippen molar-refractivity contribution < 1.29 is 63.1 Å². The number of unbranched alkanes of at least 4 members (excludes halogenated alkanes) is 17. The Balaban J connectivity index is 2.46.